The number of hydrogen-bond acceptors (Lipinski definition) is 2. The number of carbonyl (C=O) groups is 2. The summed E-state index contributed by atoms with van der Waals surface area (Å²) in [6.45, 7) is 1.23. The van der Waals surface area contributed by atoms with Crippen LogP contribution in [0.3, 0.4) is 0 Å². The maximum absolute atomic E-state index is 13.8. The van der Waals surface area contributed by atoms with Gasteiger partial charge in [-0.15, -0.1) is 0 Å². The van der Waals surface area contributed by atoms with Crippen LogP contribution in [0.25, 0.3) is 0 Å². The molecule has 1 fully saturated rings. The number of benzene rings is 2. The van der Waals surface area contributed by atoms with Gasteiger partial charge in [0.05, 0.1) is 5.56 Å². The Hall–Kier alpha value is -2.83. The van der Waals surface area contributed by atoms with Crippen molar-refractivity contribution < 1.29 is 22.8 Å². The van der Waals surface area contributed by atoms with Crippen molar-refractivity contribution in [1.82, 2.24) is 9.80 Å². The second-order valence-corrected chi connectivity index (χ2v) is 6.07. The fourth-order valence-electron chi connectivity index (χ4n) is 2.96. The Morgan fingerprint density at radius 2 is 1.42 bits per heavy atom. The highest BCUT2D eigenvalue weighted by atomic mass is 19.1. The molecule has 136 valence electrons. The van der Waals surface area contributed by atoms with Gasteiger partial charge < -0.3 is 9.80 Å². The van der Waals surface area contributed by atoms with Crippen LogP contribution in [-0.4, -0.2) is 47.8 Å². The fourth-order valence-corrected chi connectivity index (χ4v) is 2.96. The molecule has 0 aliphatic carbocycles. The molecule has 0 atom stereocenters. The molecule has 2 amide bonds. The molecule has 2 aromatic carbocycles. The van der Waals surface area contributed by atoms with E-state index in [1.54, 1.807) is 4.90 Å². The van der Waals surface area contributed by atoms with E-state index in [1.165, 1.54) is 29.2 Å². The number of amides is 2. The van der Waals surface area contributed by atoms with Crippen LogP contribution in [0, 0.1) is 17.5 Å². The van der Waals surface area contributed by atoms with Gasteiger partial charge in [-0.25, -0.2) is 13.2 Å². The fraction of sp³-hybridized carbons (Fsp3) is 0.263. The summed E-state index contributed by atoms with van der Waals surface area (Å²) in [5.41, 5.74) is 0.0469. The van der Waals surface area contributed by atoms with Crippen LogP contribution < -0.4 is 0 Å². The maximum Gasteiger partial charge on any atom is 0.256 e. The van der Waals surface area contributed by atoms with Gasteiger partial charge in [-0.05, 0) is 36.8 Å². The minimum absolute atomic E-state index is 0.198. The molecule has 2 aromatic rings. The van der Waals surface area contributed by atoms with Crippen molar-refractivity contribution in [3.63, 3.8) is 0 Å². The summed E-state index contributed by atoms with van der Waals surface area (Å²) in [6, 6.07) is 8.26. The Kier molecular flexibility index (Phi) is 5.25. The monoisotopic (exact) mass is 362 g/mol. The Morgan fingerprint density at radius 3 is 2.08 bits per heavy atom. The van der Waals surface area contributed by atoms with E-state index in [0.717, 1.165) is 12.1 Å². The van der Waals surface area contributed by atoms with Gasteiger partial charge in [0.1, 0.15) is 17.5 Å². The van der Waals surface area contributed by atoms with Gasteiger partial charge in [-0.3, -0.25) is 9.59 Å². The maximum atomic E-state index is 13.8. The second-order valence-electron chi connectivity index (χ2n) is 6.07. The van der Waals surface area contributed by atoms with Gasteiger partial charge in [0, 0.05) is 37.8 Å². The first-order valence-corrected chi connectivity index (χ1v) is 8.25. The Labute approximate surface area is 148 Å². The third kappa shape index (κ3) is 3.87. The molecule has 0 saturated carbocycles. The molecule has 0 N–H and O–H groups in total. The molecular weight excluding hydrogens is 345 g/mol. The number of carbonyl (C=O) groups excluding carboxylic acids is 2. The topological polar surface area (TPSA) is 40.6 Å². The zero-order valence-electron chi connectivity index (χ0n) is 13.9. The average Bonchev–Trinajstić information content (AvgIpc) is 2.87. The third-order valence-corrected chi connectivity index (χ3v) is 4.30. The minimum Gasteiger partial charge on any atom is -0.337 e. The van der Waals surface area contributed by atoms with Gasteiger partial charge in [-0.1, -0.05) is 6.07 Å². The number of hydrogen-bond donors (Lipinski definition) is 0. The lowest BCUT2D eigenvalue weighted by Gasteiger charge is -2.22. The van der Waals surface area contributed by atoms with Crippen LogP contribution in [0.4, 0.5) is 13.2 Å². The molecule has 0 aromatic heterocycles. The summed E-state index contributed by atoms with van der Waals surface area (Å²) in [5.74, 6) is -3.00. The molecule has 0 unspecified atom stereocenters. The van der Waals surface area contributed by atoms with Crippen molar-refractivity contribution in [3.8, 4) is 0 Å². The summed E-state index contributed by atoms with van der Waals surface area (Å²) < 4.78 is 40.2. The molecule has 26 heavy (non-hydrogen) atoms. The van der Waals surface area contributed by atoms with Gasteiger partial charge in [0.15, 0.2) is 0 Å². The predicted octanol–water partition coefficient (Wildman–Crippen LogP) is 3.09. The van der Waals surface area contributed by atoms with Crippen molar-refractivity contribution in [2.24, 2.45) is 0 Å². The van der Waals surface area contributed by atoms with Gasteiger partial charge in [0.2, 0.25) is 0 Å². The first kappa shape index (κ1) is 18.0. The van der Waals surface area contributed by atoms with E-state index in [1.807, 2.05) is 0 Å². The average molecular weight is 362 g/mol. The molecule has 4 nitrogen and oxygen atoms in total. The highest BCUT2D eigenvalue weighted by Gasteiger charge is 2.25. The van der Waals surface area contributed by atoms with E-state index in [4.69, 9.17) is 0 Å². The molecule has 3 rings (SSSR count). The number of nitrogens with zero attached hydrogens (tertiary/aromatic N) is 2. The number of halogens is 3. The van der Waals surface area contributed by atoms with Crippen LogP contribution in [0.15, 0.2) is 42.5 Å². The quantitative estimate of drug-likeness (QED) is 0.824. The second kappa shape index (κ2) is 7.59. The van der Waals surface area contributed by atoms with Crippen LogP contribution >= 0.6 is 0 Å². The van der Waals surface area contributed by atoms with Crippen molar-refractivity contribution in [2.45, 2.75) is 6.42 Å². The zero-order chi connectivity index (χ0) is 18.7. The van der Waals surface area contributed by atoms with Crippen molar-refractivity contribution in [2.75, 3.05) is 26.2 Å². The SMILES string of the molecule is O=C(c1cccc(F)c1)N1CCCN(C(=O)c2ccc(F)cc2F)CC1. The normalized spacial score (nSPS) is 14.9. The largest absolute Gasteiger partial charge is 0.337 e. The highest BCUT2D eigenvalue weighted by molar-refractivity contribution is 5.95. The summed E-state index contributed by atoms with van der Waals surface area (Å²) in [5, 5.41) is 0. The molecule has 0 spiro atoms. The molecule has 1 saturated heterocycles. The first-order chi connectivity index (χ1) is 12.5. The van der Waals surface area contributed by atoms with Crippen molar-refractivity contribution >= 4 is 11.8 Å². The van der Waals surface area contributed by atoms with Crippen LogP contribution in [0.1, 0.15) is 27.1 Å². The van der Waals surface area contributed by atoms with Crippen LogP contribution in [0.5, 0.6) is 0 Å². The molecule has 1 heterocycles. The standard InChI is InChI=1S/C19H17F3N2O2/c20-14-4-1-3-13(11-14)18(25)23-7-2-8-24(10-9-23)19(26)16-6-5-15(21)12-17(16)22/h1,3-6,11-12H,2,7-10H2. The minimum atomic E-state index is -0.910. The summed E-state index contributed by atoms with van der Waals surface area (Å²) in [6.07, 6.45) is 0.510. The van der Waals surface area contributed by atoms with Crippen molar-refractivity contribution in [3.05, 3.63) is 71.0 Å². The summed E-state index contributed by atoms with van der Waals surface area (Å²) in [4.78, 5) is 28.0. The third-order valence-electron chi connectivity index (χ3n) is 4.30. The van der Waals surface area contributed by atoms with E-state index >= 15 is 0 Å². The van der Waals surface area contributed by atoms with Gasteiger partial charge in [-0.2, -0.15) is 0 Å². The molecule has 1 aliphatic rings. The first-order valence-electron chi connectivity index (χ1n) is 8.25. The Morgan fingerprint density at radius 1 is 0.769 bits per heavy atom. The van der Waals surface area contributed by atoms with Crippen molar-refractivity contribution in [1.29, 1.82) is 0 Å². The molecule has 7 heteroatoms. The highest BCUT2D eigenvalue weighted by Crippen LogP contribution is 2.15. The van der Waals surface area contributed by atoms with Crippen LogP contribution in [0.2, 0.25) is 0 Å². The van der Waals surface area contributed by atoms with E-state index in [2.05, 4.69) is 0 Å². The molecule has 0 radical (unpaired) electrons. The molecular formula is C19H17F3N2O2. The van der Waals surface area contributed by atoms with E-state index in [9.17, 15) is 22.8 Å². The zero-order valence-corrected chi connectivity index (χ0v) is 13.9. The lowest BCUT2D eigenvalue weighted by Crippen LogP contribution is -2.37. The van der Waals surface area contributed by atoms with Gasteiger partial charge >= 0.3 is 0 Å². The molecule has 0 bridgehead atoms. The lowest BCUT2D eigenvalue weighted by atomic mass is 10.1. The summed E-state index contributed by atoms with van der Waals surface area (Å²) >= 11 is 0. The Bertz CT molecular complexity index is 841. The predicted molar refractivity (Wildman–Crippen MR) is 89.2 cm³/mol. The van der Waals surface area contributed by atoms with E-state index in [0.29, 0.717) is 25.6 Å². The van der Waals surface area contributed by atoms with Crippen LogP contribution in [-0.2, 0) is 0 Å². The van der Waals surface area contributed by atoms with E-state index < -0.39 is 23.4 Å². The number of rotatable bonds is 2. The van der Waals surface area contributed by atoms with E-state index in [-0.39, 0.29) is 30.1 Å². The Balaban J connectivity index is 1.70. The summed E-state index contributed by atoms with van der Waals surface area (Å²) in [7, 11) is 0. The lowest BCUT2D eigenvalue weighted by molar-refractivity contribution is 0.0716. The van der Waals surface area contributed by atoms with Gasteiger partial charge in [0.25, 0.3) is 11.8 Å². The smallest absolute Gasteiger partial charge is 0.256 e. The molecule has 1 aliphatic heterocycles.